The summed E-state index contributed by atoms with van der Waals surface area (Å²) in [7, 11) is -10.1. The first-order valence-corrected chi connectivity index (χ1v) is 18.1. The Morgan fingerprint density at radius 1 is 0.426 bits per heavy atom. The Labute approximate surface area is 349 Å². The molecule has 18 heteroatoms. The van der Waals surface area contributed by atoms with Gasteiger partial charge >= 0.3 is 59.1 Å². The van der Waals surface area contributed by atoms with Crippen molar-refractivity contribution in [3.8, 4) is 0 Å². The first-order valence-electron chi connectivity index (χ1n) is 15.3. The van der Waals surface area contributed by atoms with E-state index in [1.54, 1.807) is 24.3 Å². The molecule has 14 nitrogen and oxygen atoms in total. The van der Waals surface area contributed by atoms with Crippen LogP contribution in [0.25, 0.3) is 43.1 Å². The van der Waals surface area contributed by atoms with Crippen molar-refractivity contribution in [1.29, 1.82) is 0 Å². The summed E-state index contributed by atoms with van der Waals surface area (Å²) in [5, 5.41) is 4.26. The molecule has 0 atom stereocenters. The zero-order valence-corrected chi connectivity index (χ0v) is 33.7. The van der Waals surface area contributed by atoms with Crippen LogP contribution in [-0.2, 0) is 20.2 Å². The molecule has 0 radical (unpaired) electrons. The van der Waals surface area contributed by atoms with Crippen molar-refractivity contribution in [3.05, 3.63) is 107 Å². The van der Waals surface area contributed by atoms with Gasteiger partial charge in [-0.3, -0.25) is 19.2 Å². The molecule has 2 aliphatic heterocycles. The quantitative estimate of drug-likeness (QED) is 0.0509. The van der Waals surface area contributed by atoms with Crippen LogP contribution in [0.5, 0.6) is 0 Å². The summed E-state index contributed by atoms with van der Waals surface area (Å²) in [6.07, 6.45) is 0. The first-order chi connectivity index (χ1) is 24.6. The van der Waals surface area contributed by atoms with Crippen LogP contribution in [0.4, 0.5) is 22.7 Å². The number of carbonyl (C=O) groups excluding carboxylic acids is 4. The molecule has 2 aliphatic rings. The number of imide groups is 2. The maximum atomic E-state index is 14.0. The van der Waals surface area contributed by atoms with E-state index < -0.39 is 53.7 Å². The molecule has 256 valence electrons. The van der Waals surface area contributed by atoms with E-state index in [0.29, 0.717) is 43.1 Å². The first kappa shape index (κ1) is 37.8. The number of benzene rings is 7. The molecule has 0 aliphatic carbocycles. The second-order valence-corrected chi connectivity index (χ2v) is 15.1. The molecular formula is C36H18N4Na2O10S2. The molecular weight excluding hydrogens is 759 g/mol. The van der Waals surface area contributed by atoms with Gasteiger partial charge in [-0.1, -0.05) is 24.3 Å². The minimum Gasteiger partial charge on any atom is -0.744 e. The third-order valence-electron chi connectivity index (χ3n) is 9.69. The summed E-state index contributed by atoms with van der Waals surface area (Å²) in [6.45, 7) is 0. The topological polar surface area (TPSA) is 241 Å². The van der Waals surface area contributed by atoms with E-state index in [-0.39, 0.29) is 104 Å². The average Bonchev–Trinajstić information content (AvgIpc) is 3.09. The minimum absolute atomic E-state index is 0. The number of hydrogen-bond acceptors (Lipinski definition) is 12. The Balaban J connectivity index is 0.00000225. The van der Waals surface area contributed by atoms with Gasteiger partial charge < -0.3 is 20.6 Å². The van der Waals surface area contributed by atoms with E-state index in [1.807, 2.05) is 0 Å². The predicted molar refractivity (Wildman–Crippen MR) is 188 cm³/mol. The van der Waals surface area contributed by atoms with Gasteiger partial charge in [-0.2, -0.15) is 0 Å². The molecule has 0 spiro atoms. The summed E-state index contributed by atoms with van der Waals surface area (Å²) in [6, 6.07) is 19.4. The van der Waals surface area contributed by atoms with Gasteiger partial charge in [0.2, 0.25) is 0 Å². The SMILES string of the molecule is Nc1ccc(N2C(=O)c3ccc4c5ccc6c7c(ccc(c8ccc(c3c48)C2=O)c75)C(=O)N(c2ccc(N)c(S(=O)(=O)[O-])c2)C6=O)cc1S(=O)(=O)[O-].[Na+].[Na+]. The van der Waals surface area contributed by atoms with Crippen LogP contribution in [0, 0.1) is 0 Å². The van der Waals surface area contributed by atoms with Gasteiger partial charge in [0.25, 0.3) is 23.6 Å². The van der Waals surface area contributed by atoms with E-state index in [2.05, 4.69) is 0 Å². The van der Waals surface area contributed by atoms with Gasteiger partial charge in [0.05, 0.1) is 21.2 Å². The van der Waals surface area contributed by atoms with Gasteiger partial charge in [0, 0.05) is 44.4 Å². The Hall–Kier alpha value is -4.46. The van der Waals surface area contributed by atoms with Crippen LogP contribution in [0.15, 0.2) is 94.7 Å². The van der Waals surface area contributed by atoms with Gasteiger partial charge in [-0.05, 0) is 93.0 Å². The van der Waals surface area contributed by atoms with Crippen molar-refractivity contribution in [2.45, 2.75) is 9.79 Å². The molecule has 0 saturated carbocycles. The molecule has 0 unspecified atom stereocenters. The summed E-state index contributed by atoms with van der Waals surface area (Å²) >= 11 is 0. The normalized spacial score (nSPS) is 14.3. The number of anilines is 4. The molecule has 9 rings (SSSR count). The van der Waals surface area contributed by atoms with Gasteiger partial charge in [-0.25, -0.2) is 26.6 Å². The molecule has 0 saturated heterocycles. The fraction of sp³-hybridized carbons (Fsp3) is 0. The third-order valence-corrected chi connectivity index (χ3v) is 11.5. The zero-order valence-electron chi connectivity index (χ0n) is 28.0. The van der Waals surface area contributed by atoms with Crippen molar-refractivity contribution in [1.82, 2.24) is 0 Å². The van der Waals surface area contributed by atoms with E-state index >= 15 is 0 Å². The predicted octanol–water partition coefficient (Wildman–Crippen LogP) is -1.68. The van der Waals surface area contributed by atoms with E-state index in [9.17, 15) is 45.1 Å². The third kappa shape index (κ3) is 5.14. The number of amides is 4. The standard InChI is InChI=1S/C36H20N4O10S2.2Na/c37-25-11-1-15(13-27(25)51(45,46)47)39-33(41)21-7-3-17-19-5-9-23-32-24(10-6-20(30(19)32)18-4-8-22(34(39)42)31(21)29(17)18)36(44)40(35(23)43)16-2-12-26(38)28(14-16)52(48,49)50;;/h1-14H,37-38H2,(H,45,46,47)(H,48,49,50);;/q;2*+1/p-2. The molecule has 4 N–H and O–H groups in total. The van der Waals surface area contributed by atoms with E-state index in [1.165, 1.54) is 36.4 Å². The number of fused-ring (bicyclic) bond motifs is 2. The summed E-state index contributed by atoms with van der Waals surface area (Å²) in [4.78, 5) is 56.0. The Kier molecular flexibility index (Phi) is 8.79. The molecule has 7 aromatic rings. The van der Waals surface area contributed by atoms with E-state index in [0.717, 1.165) is 34.1 Å². The fourth-order valence-corrected chi connectivity index (χ4v) is 8.74. The number of nitrogens with zero attached hydrogens (tertiary/aromatic N) is 2. The number of hydrogen-bond donors (Lipinski definition) is 2. The summed E-state index contributed by atoms with van der Waals surface area (Å²) in [5.74, 6) is -3.04. The van der Waals surface area contributed by atoms with Gasteiger partial charge in [-0.15, -0.1) is 0 Å². The molecule has 0 aromatic heterocycles. The van der Waals surface area contributed by atoms with Crippen LogP contribution >= 0.6 is 0 Å². The summed E-state index contributed by atoms with van der Waals surface area (Å²) in [5.41, 5.74) is 11.0. The monoisotopic (exact) mass is 776 g/mol. The van der Waals surface area contributed by atoms with Gasteiger partial charge in [0.1, 0.15) is 20.2 Å². The molecule has 0 bridgehead atoms. The van der Waals surface area contributed by atoms with Crippen molar-refractivity contribution in [2.75, 3.05) is 21.3 Å². The minimum atomic E-state index is -5.03. The van der Waals surface area contributed by atoms with Crippen molar-refractivity contribution in [2.24, 2.45) is 0 Å². The van der Waals surface area contributed by atoms with Crippen molar-refractivity contribution in [3.63, 3.8) is 0 Å². The van der Waals surface area contributed by atoms with Crippen molar-refractivity contribution < 1.29 is 104 Å². The Morgan fingerprint density at radius 2 is 0.704 bits per heavy atom. The molecule has 0 fully saturated rings. The number of nitrogens with two attached hydrogens (primary N) is 2. The van der Waals surface area contributed by atoms with Crippen molar-refractivity contribution >= 4 is 110 Å². The smallest absolute Gasteiger partial charge is 0.744 e. The Morgan fingerprint density at radius 3 is 0.963 bits per heavy atom. The van der Waals surface area contributed by atoms with Crippen LogP contribution < -0.4 is 80.4 Å². The number of carbonyl (C=O) groups is 4. The largest absolute Gasteiger partial charge is 1.00 e. The Bertz CT molecular complexity index is 2820. The van der Waals surface area contributed by atoms with Crippen LogP contribution in [0.2, 0.25) is 0 Å². The zero-order chi connectivity index (χ0) is 36.8. The van der Waals surface area contributed by atoms with Crippen LogP contribution in [0.1, 0.15) is 41.4 Å². The molecule has 4 amide bonds. The second kappa shape index (κ2) is 12.5. The van der Waals surface area contributed by atoms with E-state index in [4.69, 9.17) is 11.5 Å². The molecule has 2 heterocycles. The maximum Gasteiger partial charge on any atom is 1.00 e. The van der Waals surface area contributed by atoms with Crippen LogP contribution in [-0.4, -0.2) is 49.6 Å². The summed E-state index contributed by atoms with van der Waals surface area (Å²) < 4.78 is 71.0. The molecule has 54 heavy (non-hydrogen) atoms. The number of rotatable bonds is 4. The maximum absolute atomic E-state index is 14.0. The van der Waals surface area contributed by atoms with Gasteiger partial charge in [0.15, 0.2) is 0 Å². The average molecular weight is 777 g/mol. The fourth-order valence-electron chi connectivity index (χ4n) is 7.49. The molecule has 7 aromatic carbocycles. The second-order valence-electron chi connectivity index (χ2n) is 12.4. The van der Waals surface area contributed by atoms with Crippen LogP contribution in [0.3, 0.4) is 0 Å². The number of nitrogen functional groups attached to an aromatic ring is 2.